The SMILES string of the molecule is COc1ccc(C(OC[C@H]2O[C@@H](n3ccc(=O)[nH]c3=S)[C@H](O[Si](C)(C)C(C)(C)C)[C@@H]2OP(OCCC#N)N(C(C)C)C(C)C)(c2ccccc2)c2ccc(OC)cc2)cc1. The molecule has 1 aromatic heterocycles. The largest absolute Gasteiger partial charge is 0.497 e. The van der Waals surface area contributed by atoms with Gasteiger partial charge >= 0.3 is 0 Å². The maximum atomic E-state index is 12.5. The first-order valence-corrected chi connectivity index (χ1v) is 24.8. The number of methoxy groups -OCH3 is 2. The zero-order chi connectivity index (χ0) is 43.8. The van der Waals surface area contributed by atoms with Crippen molar-refractivity contribution in [3.63, 3.8) is 0 Å². The summed E-state index contributed by atoms with van der Waals surface area (Å²) < 4.78 is 51.0. The molecule has 324 valence electrons. The van der Waals surface area contributed by atoms with E-state index in [9.17, 15) is 10.1 Å². The van der Waals surface area contributed by atoms with Gasteiger partial charge in [-0.3, -0.25) is 14.3 Å². The Morgan fingerprint density at radius 1 is 0.883 bits per heavy atom. The monoisotopic (exact) mass is 876 g/mol. The zero-order valence-electron chi connectivity index (χ0n) is 36.7. The second kappa shape index (κ2) is 20.4. The predicted octanol–water partition coefficient (Wildman–Crippen LogP) is 9.88. The summed E-state index contributed by atoms with van der Waals surface area (Å²) in [7, 11) is -1.05. The molecule has 4 aromatic rings. The molecule has 0 aliphatic carbocycles. The molecule has 1 fully saturated rings. The number of nitrogens with zero attached hydrogens (tertiary/aromatic N) is 3. The van der Waals surface area contributed by atoms with Crippen molar-refractivity contribution in [1.82, 2.24) is 14.2 Å². The van der Waals surface area contributed by atoms with E-state index in [0.717, 1.165) is 16.7 Å². The number of hydrogen-bond acceptors (Lipinski definition) is 11. The van der Waals surface area contributed by atoms with E-state index in [1.807, 2.05) is 66.7 Å². The van der Waals surface area contributed by atoms with Crippen LogP contribution in [-0.4, -0.2) is 80.4 Å². The number of hydrogen-bond donors (Lipinski definition) is 1. The Bertz CT molecular complexity index is 2080. The summed E-state index contributed by atoms with van der Waals surface area (Å²) in [5.41, 5.74) is 1.12. The number of nitrogens with one attached hydrogen (secondary N) is 1. The van der Waals surface area contributed by atoms with Crippen LogP contribution < -0.4 is 15.0 Å². The Kier molecular flexibility index (Phi) is 16.1. The molecule has 5 atom stereocenters. The van der Waals surface area contributed by atoms with Gasteiger partial charge in [0.2, 0.25) is 0 Å². The molecule has 0 amide bonds. The summed E-state index contributed by atoms with van der Waals surface area (Å²) in [6.45, 7) is 19.5. The first-order valence-electron chi connectivity index (χ1n) is 20.4. The van der Waals surface area contributed by atoms with Crippen molar-refractivity contribution in [3.05, 3.63) is 123 Å². The lowest BCUT2D eigenvalue weighted by Gasteiger charge is -2.42. The molecule has 60 heavy (non-hydrogen) atoms. The molecule has 3 aromatic carbocycles. The number of ether oxygens (including phenoxy) is 4. The minimum atomic E-state index is -2.57. The van der Waals surface area contributed by atoms with Crippen LogP contribution in [-0.2, 0) is 28.5 Å². The standard InChI is InChI=1S/C45H61N4O8PSSi/c1-31(2)49(32(3)4)58(54-29-15-27-46)56-40-38(55-42(48-28-26-39(50)47-43(48)59)41(40)57-60(10,11)44(5,6)7)30-53-45(33-16-13-12-14-17-33,34-18-22-36(51-8)23-19-34)35-20-24-37(52-9)25-21-35/h12-14,16-26,28,31-32,38,40-42H,15,29-30H2,1-11H3,(H,47,50,59)/t38-,40-,41-,42-,58?/m1/s1. The third-order valence-corrected chi connectivity index (χ3v) is 18.1. The average Bonchev–Trinajstić information content (AvgIpc) is 3.53. The molecule has 2 heterocycles. The highest BCUT2D eigenvalue weighted by Gasteiger charge is 2.54. The molecule has 5 rings (SSSR count). The molecule has 1 aliphatic heterocycles. The molecule has 1 unspecified atom stereocenters. The van der Waals surface area contributed by atoms with Crippen molar-refractivity contribution in [2.24, 2.45) is 0 Å². The first-order chi connectivity index (χ1) is 28.5. The van der Waals surface area contributed by atoms with Crippen molar-refractivity contribution >= 4 is 29.1 Å². The molecule has 1 aliphatic rings. The van der Waals surface area contributed by atoms with Crippen LogP contribution in [0.25, 0.3) is 0 Å². The number of H-pyrrole nitrogens is 1. The highest BCUT2D eigenvalue weighted by Crippen LogP contribution is 2.52. The van der Waals surface area contributed by atoms with Crippen molar-refractivity contribution in [2.45, 2.75) is 115 Å². The molecule has 15 heteroatoms. The molecule has 12 nitrogen and oxygen atoms in total. The van der Waals surface area contributed by atoms with Gasteiger partial charge in [-0.1, -0.05) is 75.4 Å². The first kappa shape index (κ1) is 47.3. The maximum absolute atomic E-state index is 12.5. The minimum Gasteiger partial charge on any atom is -0.497 e. The van der Waals surface area contributed by atoms with E-state index in [4.69, 9.17) is 44.6 Å². The van der Waals surface area contributed by atoms with Crippen LogP contribution in [0.3, 0.4) is 0 Å². The Morgan fingerprint density at radius 2 is 1.43 bits per heavy atom. The summed E-state index contributed by atoms with van der Waals surface area (Å²) in [5.74, 6) is 1.41. The third kappa shape index (κ3) is 10.6. The van der Waals surface area contributed by atoms with E-state index >= 15 is 0 Å². The van der Waals surface area contributed by atoms with Crippen LogP contribution in [0.2, 0.25) is 18.1 Å². The van der Waals surface area contributed by atoms with Gasteiger partial charge in [0.1, 0.15) is 35.4 Å². The van der Waals surface area contributed by atoms with Gasteiger partial charge in [-0.25, -0.2) is 4.67 Å². The molecular formula is C45H61N4O8PSSi. The predicted molar refractivity (Wildman–Crippen MR) is 240 cm³/mol. The van der Waals surface area contributed by atoms with Crippen molar-refractivity contribution in [3.8, 4) is 17.6 Å². The molecule has 0 bridgehead atoms. The van der Waals surface area contributed by atoms with E-state index < -0.39 is 47.0 Å². The number of rotatable bonds is 19. The molecule has 0 radical (unpaired) electrons. The van der Waals surface area contributed by atoms with Gasteiger partial charge in [0.05, 0.1) is 39.9 Å². The highest BCUT2D eigenvalue weighted by molar-refractivity contribution is 7.71. The van der Waals surface area contributed by atoms with E-state index in [1.165, 1.54) is 6.07 Å². The molecule has 1 N–H and O–H groups in total. The van der Waals surface area contributed by atoms with Crippen LogP contribution >= 0.6 is 20.7 Å². The van der Waals surface area contributed by atoms with Gasteiger partial charge < -0.3 is 32.4 Å². The summed E-state index contributed by atoms with van der Waals surface area (Å²) in [6, 6.07) is 29.5. The second-order valence-corrected chi connectivity index (χ2v) is 23.4. The van der Waals surface area contributed by atoms with Crippen LogP contribution in [0.1, 0.15) is 77.8 Å². The van der Waals surface area contributed by atoms with Crippen LogP contribution in [0, 0.1) is 16.1 Å². The van der Waals surface area contributed by atoms with Crippen LogP contribution in [0.5, 0.6) is 11.5 Å². The van der Waals surface area contributed by atoms with Gasteiger partial charge in [-0.15, -0.1) is 0 Å². The number of benzene rings is 3. The zero-order valence-corrected chi connectivity index (χ0v) is 39.4. The topological polar surface area (TPSA) is 129 Å². The lowest BCUT2D eigenvalue weighted by Crippen LogP contribution is -2.50. The van der Waals surface area contributed by atoms with Gasteiger partial charge in [-0.2, -0.15) is 5.26 Å². The van der Waals surface area contributed by atoms with E-state index in [2.05, 4.69) is 89.4 Å². The van der Waals surface area contributed by atoms with E-state index in [-0.39, 0.29) is 47.1 Å². The highest BCUT2D eigenvalue weighted by atomic mass is 32.1. The number of aromatic nitrogens is 2. The molecular weight excluding hydrogens is 816 g/mol. The summed E-state index contributed by atoms with van der Waals surface area (Å²) in [4.78, 5) is 15.3. The van der Waals surface area contributed by atoms with Crippen molar-refractivity contribution < 1.29 is 32.4 Å². The summed E-state index contributed by atoms with van der Waals surface area (Å²) in [5, 5.41) is 9.33. The molecule has 1 saturated heterocycles. The second-order valence-electron chi connectivity index (χ2n) is 16.9. The maximum Gasteiger partial charge on any atom is 0.259 e. The van der Waals surface area contributed by atoms with Gasteiger partial charge in [-0.05, 0) is 99.0 Å². The smallest absolute Gasteiger partial charge is 0.259 e. The fraction of sp³-hybridized carbons (Fsp3) is 0.489. The number of nitriles is 1. The van der Waals surface area contributed by atoms with Crippen molar-refractivity contribution in [1.29, 1.82) is 5.26 Å². The fourth-order valence-electron chi connectivity index (χ4n) is 7.14. The van der Waals surface area contributed by atoms with Gasteiger partial charge in [0.25, 0.3) is 14.1 Å². The Balaban J connectivity index is 1.73. The summed E-state index contributed by atoms with van der Waals surface area (Å²) in [6.07, 6.45) is -1.25. The number of aromatic amines is 1. The van der Waals surface area contributed by atoms with E-state index in [1.54, 1.807) is 25.0 Å². The molecule has 0 spiro atoms. The van der Waals surface area contributed by atoms with E-state index in [0.29, 0.717) is 11.5 Å². The fourth-order valence-corrected chi connectivity index (χ4v) is 10.5. The lowest BCUT2D eigenvalue weighted by molar-refractivity contribution is -0.0939. The normalized spacial score (nSPS) is 19.1. The van der Waals surface area contributed by atoms with Gasteiger partial charge in [0.15, 0.2) is 19.3 Å². The Morgan fingerprint density at radius 3 is 1.92 bits per heavy atom. The average molecular weight is 877 g/mol. The lowest BCUT2D eigenvalue weighted by atomic mass is 9.80. The Hall–Kier alpha value is -3.74. The quantitative estimate of drug-likeness (QED) is 0.0318. The minimum absolute atomic E-state index is 0.0207. The third-order valence-electron chi connectivity index (χ3n) is 11.2. The van der Waals surface area contributed by atoms with Crippen LogP contribution in [0.15, 0.2) is 95.9 Å². The Labute approximate surface area is 362 Å². The molecule has 0 saturated carbocycles. The summed E-state index contributed by atoms with van der Waals surface area (Å²) >= 11 is 5.78. The van der Waals surface area contributed by atoms with Crippen LogP contribution in [0.4, 0.5) is 0 Å². The van der Waals surface area contributed by atoms with Crippen molar-refractivity contribution in [2.75, 3.05) is 27.4 Å². The van der Waals surface area contributed by atoms with Gasteiger partial charge in [0, 0.05) is 24.3 Å².